The van der Waals surface area contributed by atoms with Crippen molar-refractivity contribution in [2.75, 3.05) is 0 Å². The van der Waals surface area contributed by atoms with E-state index in [4.69, 9.17) is 9.72 Å². The fourth-order valence-corrected chi connectivity index (χ4v) is 7.28. The third-order valence-electron chi connectivity index (χ3n) is 10.2. The van der Waals surface area contributed by atoms with E-state index in [0.29, 0.717) is 11.5 Å². The monoisotopic (exact) mass is 890 g/mol. The zero-order valence-electron chi connectivity index (χ0n) is 32.6. The topological polar surface area (TPSA) is 36.9 Å². The van der Waals surface area contributed by atoms with Crippen molar-refractivity contribution in [1.29, 1.82) is 0 Å². The minimum Gasteiger partial charge on any atom is -0.508 e. The van der Waals surface area contributed by atoms with Crippen LogP contribution >= 0.6 is 0 Å². The minimum absolute atomic E-state index is 0. The molecule has 6 heteroatoms. The number of benzene rings is 5. The van der Waals surface area contributed by atoms with Gasteiger partial charge < -0.3 is 9.30 Å². The first-order valence-electron chi connectivity index (χ1n) is 18.5. The van der Waals surface area contributed by atoms with Crippen LogP contribution < -0.4 is 4.74 Å². The molecule has 8 aromatic rings. The van der Waals surface area contributed by atoms with Gasteiger partial charge >= 0.3 is 0 Å². The van der Waals surface area contributed by atoms with Crippen molar-refractivity contribution < 1.29 is 25.8 Å². The first-order valence-corrected chi connectivity index (χ1v) is 18.5. The van der Waals surface area contributed by atoms with Gasteiger partial charge in [-0.2, -0.15) is 16.7 Å². The van der Waals surface area contributed by atoms with Crippen LogP contribution in [-0.4, -0.2) is 18.7 Å². The molecule has 0 aliphatic rings. The molecule has 0 saturated heterocycles. The number of fused-ring (bicyclic) bond motifs is 4. The van der Waals surface area contributed by atoms with Crippen molar-refractivity contribution in [3.8, 4) is 28.7 Å². The zero-order valence-corrected chi connectivity index (χ0v) is 34.8. The molecule has 0 radical (unpaired) electrons. The summed E-state index contributed by atoms with van der Waals surface area (Å²) in [5.74, 6) is 2.25. The van der Waals surface area contributed by atoms with Crippen LogP contribution in [0.3, 0.4) is 0 Å². The predicted octanol–water partition coefficient (Wildman–Crippen LogP) is 12.5. The quantitative estimate of drug-likeness (QED) is 0.161. The molecule has 0 atom stereocenters. The predicted molar refractivity (Wildman–Crippen MR) is 219 cm³/mol. The third-order valence-corrected chi connectivity index (χ3v) is 10.2. The smallest absolute Gasteiger partial charge is 0.168 e. The molecule has 0 aliphatic carbocycles. The van der Waals surface area contributed by atoms with Crippen LogP contribution in [-0.2, 0) is 37.3 Å². The van der Waals surface area contributed by atoms with Gasteiger partial charge in [-0.15, -0.1) is 28.6 Å². The molecule has 0 unspecified atom stereocenters. The number of ether oxygens (including phenoxy) is 1. The molecule has 3 aromatic heterocycles. The Hall–Kier alpha value is -4.99. The average Bonchev–Trinajstić information content (AvgIpc) is 3.66. The SMILES string of the molecule is CC(C)(C)c1ccnc(-n2c3[c-]c(Oc4[c-]c(-n5[cH+]n(-c6ccccc6)c6ccccc65)ccc4C(C)(C)C)c(C(C)(C)C)cc3c3ccccc32)c1.[Pt]. The van der Waals surface area contributed by atoms with Gasteiger partial charge in [0.1, 0.15) is 11.5 Å². The van der Waals surface area contributed by atoms with E-state index in [1.165, 1.54) is 5.56 Å². The molecule has 8 rings (SSSR count). The van der Waals surface area contributed by atoms with Gasteiger partial charge in [0, 0.05) is 62.1 Å². The summed E-state index contributed by atoms with van der Waals surface area (Å²) in [7, 11) is 0. The van der Waals surface area contributed by atoms with E-state index in [2.05, 4.69) is 198 Å². The Morgan fingerprint density at radius 3 is 1.85 bits per heavy atom. The normalized spacial score (nSPS) is 12.4. The largest absolute Gasteiger partial charge is 0.508 e. The molecule has 0 N–H and O–H groups in total. The number of rotatable bonds is 5. The Bertz CT molecular complexity index is 2650. The van der Waals surface area contributed by atoms with E-state index in [1.54, 1.807) is 0 Å². The van der Waals surface area contributed by atoms with Crippen molar-refractivity contribution in [3.63, 3.8) is 0 Å². The Balaban J connectivity index is 0.00000450. The standard InChI is InChI=1S/C48H47N4O.Pt/c1-46(2,3)32-25-26-49-45(27-32)52-39-20-14-13-19-35(39)36-29-38(48(7,8)9)44(30-42(36)52)53-43-28-34(23-24-37(43)47(4,5)6)51-31-50(33-17-11-10-12-18-33)40-21-15-16-22-41(40)51;/h10-27,29,31H,1-9H3;/q-1;. The second kappa shape index (κ2) is 13.7. The number of pyridine rings is 1. The zero-order chi connectivity index (χ0) is 37.3. The molecule has 54 heavy (non-hydrogen) atoms. The van der Waals surface area contributed by atoms with Crippen LogP contribution in [0.15, 0.2) is 122 Å². The van der Waals surface area contributed by atoms with Crippen molar-refractivity contribution in [2.24, 2.45) is 0 Å². The number of imidazole rings is 1. The van der Waals surface area contributed by atoms with Gasteiger partial charge in [0.05, 0.1) is 0 Å². The molecule has 3 heterocycles. The Morgan fingerprint density at radius 1 is 0.574 bits per heavy atom. The fourth-order valence-electron chi connectivity index (χ4n) is 7.28. The van der Waals surface area contributed by atoms with Crippen LogP contribution in [0.25, 0.3) is 50.0 Å². The summed E-state index contributed by atoms with van der Waals surface area (Å²) in [5, 5.41) is 2.28. The first kappa shape index (κ1) is 37.3. The van der Waals surface area contributed by atoms with Gasteiger partial charge in [0.15, 0.2) is 17.4 Å². The third kappa shape index (κ3) is 6.68. The van der Waals surface area contributed by atoms with Gasteiger partial charge in [-0.05, 0) is 46.7 Å². The molecule has 0 saturated carbocycles. The maximum absolute atomic E-state index is 7.17. The van der Waals surface area contributed by atoms with E-state index in [1.807, 2.05) is 12.3 Å². The first-order chi connectivity index (χ1) is 25.2. The number of nitrogens with zero attached hydrogens (tertiary/aromatic N) is 4. The molecular formula is C48H47N4OPt-. The maximum Gasteiger partial charge on any atom is 0.168 e. The summed E-state index contributed by atoms with van der Waals surface area (Å²) in [6.07, 6.45) is 4.06. The van der Waals surface area contributed by atoms with E-state index in [-0.39, 0.29) is 37.3 Å². The summed E-state index contributed by atoms with van der Waals surface area (Å²) in [6, 6.07) is 46.0. The van der Waals surface area contributed by atoms with Crippen LogP contribution in [0, 0.1) is 12.1 Å². The Morgan fingerprint density at radius 2 is 1.19 bits per heavy atom. The van der Waals surface area contributed by atoms with Crippen molar-refractivity contribution in [3.05, 3.63) is 151 Å². The van der Waals surface area contributed by atoms with Gasteiger partial charge in [0.25, 0.3) is 0 Å². The molecular weight excluding hydrogens is 844 g/mol. The van der Waals surface area contributed by atoms with E-state index in [0.717, 1.165) is 61.2 Å². The summed E-state index contributed by atoms with van der Waals surface area (Å²) in [6.45, 7) is 20.1. The maximum atomic E-state index is 7.17. The summed E-state index contributed by atoms with van der Waals surface area (Å²) < 4.78 is 13.8. The molecule has 0 spiro atoms. The molecule has 5 nitrogen and oxygen atoms in total. The van der Waals surface area contributed by atoms with Crippen LogP contribution in [0.4, 0.5) is 0 Å². The van der Waals surface area contributed by atoms with Gasteiger partial charge in [-0.1, -0.05) is 133 Å². The minimum atomic E-state index is -0.231. The summed E-state index contributed by atoms with van der Waals surface area (Å²) in [5.41, 5.74) is 9.13. The number of para-hydroxylation sites is 4. The Labute approximate surface area is 333 Å². The fraction of sp³-hybridized carbons (Fsp3) is 0.250. The van der Waals surface area contributed by atoms with Gasteiger partial charge in [-0.25, -0.2) is 9.55 Å². The molecule has 5 aromatic carbocycles. The van der Waals surface area contributed by atoms with Crippen LogP contribution in [0.1, 0.15) is 79.0 Å². The van der Waals surface area contributed by atoms with E-state index < -0.39 is 0 Å². The van der Waals surface area contributed by atoms with Crippen molar-refractivity contribution in [2.45, 2.75) is 78.6 Å². The second-order valence-corrected chi connectivity index (χ2v) is 17.1. The average molecular weight is 891 g/mol. The molecule has 0 amide bonds. The number of aromatic nitrogens is 4. The summed E-state index contributed by atoms with van der Waals surface area (Å²) in [4.78, 5) is 4.91. The Kier molecular flexibility index (Phi) is 9.47. The number of hydrogen-bond donors (Lipinski definition) is 0. The molecule has 0 bridgehead atoms. The van der Waals surface area contributed by atoms with Gasteiger partial charge in [-0.3, -0.25) is 0 Å². The van der Waals surface area contributed by atoms with Crippen LogP contribution in [0.2, 0.25) is 0 Å². The van der Waals surface area contributed by atoms with Crippen molar-refractivity contribution >= 4 is 32.8 Å². The molecule has 0 fully saturated rings. The molecule has 276 valence electrons. The second-order valence-electron chi connectivity index (χ2n) is 17.1. The molecule has 0 aliphatic heterocycles. The summed E-state index contributed by atoms with van der Waals surface area (Å²) >= 11 is 0. The van der Waals surface area contributed by atoms with Crippen molar-refractivity contribution in [1.82, 2.24) is 18.7 Å². The van der Waals surface area contributed by atoms with E-state index in [9.17, 15) is 0 Å². The van der Waals surface area contributed by atoms with E-state index >= 15 is 0 Å². The number of hydrogen-bond acceptors (Lipinski definition) is 2. The van der Waals surface area contributed by atoms with Crippen LogP contribution in [0.5, 0.6) is 11.5 Å². The van der Waals surface area contributed by atoms with Gasteiger partial charge in [0.2, 0.25) is 0 Å².